The summed E-state index contributed by atoms with van der Waals surface area (Å²) in [6.07, 6.45) is 7.82. The first-order valence-electron chi connectivity index (χ1n) is 11.3. The van der Waals surface area contributed by atoms with Crippen molar-refractivity contribution in [2.75, 3.05) is 17.2 Å². The van der Waals surface area contributed by atoms with Gasteiger partial charge in [-0.1, -0.05) is 24.3 Å². The predicted octanol–water partition coefficient (Wildman–Crippen LogP) is 3.02. The number of aromatic nitrogens is 2. The molecule has 4 aliphatic carbocycles. The van der Waals surface area contributed by atoms with E-state index in [1.165, 1.54) is 32.1 Å². The number of nitriles is 1. The number of rotatable bonds is 7. The van der Waals surface area contributed by atoms with E-state index < -0.39 is 0 Å². The molecule has 5 atom stereocenters. The Morgan fingerprint density at radius 2 is 1.81 bits per heavy atom. The van der Waals surface area contributed by atoms with Crippen molar-refractivity contribution >= 4 is 11.8 Å². The SMILES string of the molecule is N#Cc1cnc(NCc2ccc(CO)cc2)nc1NC[C@]12CC3C[C@H](C1)[C@@H](N)[C@@H](C3)C2. The van der Waals surface area contributed by atoms with Gasteiger partial charge in [0.05, 0.1) is 12.8 Å². The minimum atomic E-state index is 0.0388. The van der Waals surface area contributed by atoms with Gasteiger partial charge in [-0.25, -0.2) is 4.98 Å². The van der Waals surface area contributed by atoms with Crippen LogP contribution in [0.25, 0.3) is 0 Å². The molecule has 0 saturated heterocycles. The number of hydrogen-bond donors (Lipinski definition) is 4. The van der Waals surface area contributed by atoms with Gasteiger partial charge in [0.2, 0.25) is 5.95 Å². The fourth-order valence-electron chi connectivity index (χ4n) is 6.35. The van der Waals surface area contributed by atoms with E-state index in [4.69, 9.17) is 10.8 Å². The van der Waals surface area contributed by atoms with Crippen LogP contribution in [0.4, 0.5) is 11.8 Å². The van der Waals surface area contributed by atoms with Crippen LogP contribution in [-0.2, 0) is 13.2 Å². The highest BCUT2D eigenvalue weighted by atomic mass is 16.3. The molecule has 1 aromatic heterocycles. The molecule has 1 aromatic carbocycles. The van der Waals surface area contributed by atoms with Gasteiger partial charge < -0.3 is 21.5 Å². The molecule has 7 nitrogen and oxygen atoms in total. The second-order valence-electron chi connectivity index (χ2n) is 9.80. The van der Waals surface area contributed by atoms with Gasteiger partial charge in [0.25, 0.3) is 0 Å². The van der Waals surface area contributed by atoms with Crippen LogP contribution in [0.15, 0.2) is 30.5 Å². The Balaban J connectivity index is 1.26. The van der Waals surface area contributed by atoms with Crippen molar-refractivity contribution in [1.29, 1.82) is 5.26 Å². The molecule has 5 N–H and O–H groups in total. The van der Waals surface area contributed by atoms with Crippen LogP contribution in [0.3, 0.4) is 0 Å². The number of anilines is 2. The molecule has 0 radical (unpaired) electrons. The van der Waals surface area contributed by atoms with E-state index in [0.29, 0.717) is 41.8 Å². The molecular formula is C24H30N6O. The van der Waals surface area contributed by atoms with Crippen LogP contribution in [0, 0.1) is 34.5 Å². The molecular weight excluding hydrogens is 388 g/mol. The van der Waals surface area contributed by atoms with E-state index in [1.807, 2.05) is 24.3 Å². The molecule has 31 heavy (non-hydrogen) atoms. The highest BCUT2D eigenvalue weighted by Gasteiger charge is 2.54. The van der Waals surface area contributed by atoms with Crippen LogP contribution in [0.5, 0.6) is 0 Å². The largest absolute Gasteiger partial charge is 0.392 e. The highest BCUT2D eigenvalue weighted by Crippen LogP contribution is 2.59. The standard InChI is InChI=1S/C24H30N6O/c25-10-20-12-28-23(27-11-15-1-3-16(13-31)4-2-15)30-22(20)29-14-24-7-17-5-18(8-24)21(26)19(6-17)9-24/h1-4,12,17-19,21,31H,5-9,11,13-14,26H2,(H2,27,28,29,30)/t17?,18-,19+,21-,24-. The molecule has 4 bridgehead atoms. The van der Waals surface area contributed by atoms with E-state index in [1.54, 1.807) is 6.20 Å². The summed E-state index contributed by atoms with van der Waals surface area (Å²) in [6.45, 7) is 1.46. The van der Waals surface area contributed by atoms with Crippen molar-refractivity contribution in [3.8, 4) is 6.07 Å². The topological polar surface area (TPSA) is 120 Å². The highest BCUT2D eigenvalue weighted by molar-refractivity contribution is 5.53. The number of nitrogens with one attached hydrogen (secondary N) is 2. The van der Waals surface area contributed by atoms with E-state index in [2.05, 4.69) is 26.7 Å². The molecule has 6 rings (SSSR count). The Kier molecular flexibility index (Phi) is 5.28. The third-order valence-corrected chi connectivity index (χ3v) is 7.67. The van der Waals surface area contributed by atoms with Gasteiger partial charge in [0.15, 0.2) is 0 Å². The number of aliphatic hydroxyl groups excluding tert-OH is 1. The van der Waals surface area contributed by atoms with E-state index in [9.17, 15) is 5.26 Å². The summed E-state index contributed by atoms with van der Waals surface area (Å²) in [7, 11) is 0. The monoisotopic (exact) mass is 418 g/mol. The molecule has 4 aliphatic rings. The smallest absolute Gasteiger partial charge is 0.224 e. The van der Waals surface area contributed by atoms with Crippen molar-refractivity contribution in [1.82, 2.24) is 9.97 Å². The van der Waals surface area contributed by atoms with Crippen molar-refractivity contribution < 1.29 is 5.11 Å². The maximum atomic E-state index is 9.53. The van der Waals surface area contributed by atoms with Crippen LogP contribution < -0.4 is 16.4 Å². The summed E-state index contributed by atoms with van der Waals surface area (Å²) in [6, 6.07) is 10.3. The van der Waals surface area contributed by atoms with E-state index in [-0.39, 0.29) is 12.0 Å². The average molecular weight is 419 g/mol. The molecule has 4 fully saturated rings. The zero-order valence-electron chi connectivity index (χ0n) is 17.7. The van der Waals surface area contributed by atoms with Gasteiger partial charge in [-0.05, 0) is 66.4 Å². The van der Waals surface area contributed by atoms with Crippen LogP contribution in [0.2, 0.25) is 0 Å². The summed E-state index contributed by atoms with van der Waals surface area (Å²) in [5.74, 6) is 3.23. The Morgan fingerprint density at radius 1 is 1.10 bits per heavy atom. The maximum Gasteiger partial charge on any atom is 0.224 e. The average Bonchev–Trinajstić information content (AvgIpc) is 2.79. The van der Waals surface area contributed by atoms with E-state index >= 15 is 0 Å². The molecule has 0 aliphatic heterocycles. The normalized spacial score (nSPS) is 30.7. The zero-order chi connectivity index (χ0) is 21.4. The first kappa shape index (κ1) is 20.2. The van der Waals surface area contributed by atoms with E-state index in [0.717, 1.165) is 23.6 Å². The Labute approximate surface area is 183 Å². The molecule has 162 valence electrons. The van der Waals surface area contributed by atoms with Crippen molar-refractivity contribution in [3.63, 3.8) is 0 Å². The first-order valence-corrected chi connectivity index (χ1v) is 11.3. The van der Waals surface area contributed by atoms with Gasteiger partial charge >= 0.3 is 0 Å². The molecule has 0 amide bonds. The number of hydrogen-bond acceptors (Lipinski definition) is 7. The molecule has 1 heterocycles. The van der Waals surface area contributed by atoms with Gasteiger partial charge in [-0.2, -0.15) is 10.2 Å². The summed E-state index contributed by atoms with van der Waals surface area (Å²) in [5.41, 5.74) is 9.21. The summed E-state index contributed by atoms with van der Waals surface area (Å²) >= 11 is 0. The van der Waals surface area contributed by atoms with Crippen LogP contribution in [0.1, 0.15) is 48.8 Å². The summed E-state index contributed by atoms with van der Waals surface area (Å²) in [4.78, 5) is 8.91. The Bertz CT molecular complexity index is 969. The molecule has 0 spiro atoms. The molecule has 2 aromatic rings. The fraction of sp³-hybridized carbons (Fsp3) is 0.542. The lowest BCUT2D eigenvalue weighted by Crippen LogP contribution is -2.58. The van der Waals surface area contributed by atoms with Gasteiger partial charge in [-0.3, -0.25) is 0 Å². The maximum absolute atomic E-state index is 9.53. The first-order chi connectivity index (χ1) is 15.1. The van der Waals surface area contributed by atoms with Crippen molar-refractivity contribution in [3.05, 3.63) is 47.2 Å². The third-order valence-electron chi connectivity index (χ3n) is 7.67. The quantitative estimate of drug-likeness (QED) is 0.545. The lowest BCUT2D eigenvalue weighted by atomic mass is 9.48. The second-order valence-corrected chi connectivity index (χ2v) is 9.80. The molecule has 7 heteroatoms. The number of aliphatic hydroxyl groups is 1. The van der Waals surface area contributed by atoms with Crippen molar-refractivity contribution in [2.24, 2.45) is 28.9 Å². The molecule has 4 saturated carbocycles. The second kappa shape index (κ2) is 8.10. The number of nitrogens with two attached hydrogens (primary N) is 1. The van der Waals surface area contributed by atoms with Gasteiger partial charge in [-0.15, -0.1) is 0 Å². The fourth-order valence-corrected chi connectivity index (χ4v) is 6.35. The van der Waals surface area contributed by atoms with Gasteiger partial charge in [0, 0.05) is 19.1 Å². The van der Waals surface area contributed by atoms with Crippen LogP contribution >= 0.6 is 0 Å². The van der Waals surface area contributed by atoms with Gasteiger partial charge in [0.1, 0.15) is 17.5 Å². The lowest BCUT2D eigenvalue weighted by molar-refractivity contribution is -0.0591. The Hall–Kier alpha value is -2.69. The Morgan fingerprint density at radius 3 is 2.48 bits per heavy atom. The zero-order valence-corrected chi connectivity index (χ0v) is 17.7. The number of nitrogens with zero attached hydrogens (tertiary/aromatic N) is 3. The summed E-state index contributed by atoms with van der Waals surface area (Å²) < 4.78 is 0. The number of benzene rings is 1. The van der Waals surface area contributed by atoms with Crippen molar-refractivity contribution in [2.45, 2.75) is 51.3 Å². The minimum Gasteiger partial charge on any atom is -0.392 e. The van der Waals surface area contributed by atoms with Crippen LogP contribution in [-0.4, -0.2) is 27.7 Å². The lowest BCUT2D eigenvalue weighted by Gasteiger charge is -2.59. The molecule has 1 unspecified atom stereocenters. The predicted molar refractivity (Wildman–Crippen MR) is 119 cm³/mol. The summed E-state index contributed by atoms with van der Waals surface area (Å²) in [5, 5.41) is 25.5. The minimum absolute atomic E-state index is 0.0388. The third kappa shape index (κ3) is 3.98.